The first-order valence-corrected chi connectivity index (χ1v) is 10.1. The zero-order valence-electron chi connectivity index (χ0n) is 15.9. The lowest BCUT2D eigenvalue weighted by Gasteiger charge is -2.28. The molecule has 0 bridgehead atoms. The van der Waals surface area contributed by atoms with E-state index in [2.05, 4.69) is 26.8 Å². The molecule has 0 atom stereocenters. The summed E-state index contributed by atoms with van der Waals surface area (Å²) in [6.45, 7) is -0.379. The van der Waals surface area contributed by atoms with Gasteiger partial charge in [0.1, 0.15) is 12.3 Å². The number of hydrogen-bond acceptors (Lipinski definition) is 4. The number of hydrogen-bond donors (Lipinski definition) is 2. The van der Waals surface area contributed by atoms with Crippen molar-refractivity contribution in [3.8, 4) is 5.75 Å². The Balaban J connectivity index is 1.37. The van der Waals surface area contributed by atoms with Gasteiger partial charge in [0.15, 0.2) is 6.61 Å². The van der Waals surface area contributed by atoms with Gasteiger partial charge in [-0.2, -0.15) is 0 Å². The lowest BCUT2D eigenvalue weighted by atomic mass is 10.0. The number of halogens is 1. The summed E-state index contributed by atoms with van der Waals surface area (Å²) >= 11 is 3.35. The molecule has 30 heavy (non-hydrogen) atoms. The van der Waals surface area contributed by atoms with Gasteiger partial charge in [-0.3, -0.25) is 30.1 Å². The van der Waals surface area contributed by atoms with Crippen LogP contribution in [-0.4, -0.2) is 30.9 Å². The summed E-state index contributed by atoms with van der Waals surface area (Å²) < 4.78 is 6.21. The van der Waals surface area contributed by atoms with Gasteiger partial charge in [0, 0.05) is 4.47 Å². The fourth-order valence-corrected chi connectivity index (χ4v) is 3.68. The summed E-state index contributed by atoms with van der Waals surface area (Å²) in [5.74, 6) is -0.679. The number of hydrazine groups is 1. The molecular weight excluding hydrogens is 450 g/mol. The second-order valence-electron chi connectivity index (χ2n) is 6.79. The summed E-state index contributed by atoms with van der Waals surface area (Å²) in [5, 5.41) is 2.03. The highest BCUT2D eigenvalue weighted by Gasteiger charge is 2.27. The van der Waals surface area contributed by atoms with E-state index in [1.54, 1.807) is 18.2 Å². The average Bonchev–Trinajstić information content (AvgIpc) is 2.74. The van der Waals surface area contributed by atoms with Gasteiger partial charge in [0.25, 0.3) is 11.8 Å². The highest BCUT2D eigenvalue weighted by molar-refractivity contribution is 9.10. The minimum Gasteiger partial charge on any atom is -0.482 e. The Morgan fingerprint density at radius 1 is 1.00 bits per heavy atom. The highest BCUT2D eigenvalue weighted by Crippen LogP contribution is 2.34. The maximum atomic E-state index is 12.3. The van der Waals surface area contributed by atoms with Crippen molar-refractivity contribution in [2.24, 2.45) is 0 Å². The summed E-state index contributed by atoms with van der Waals surface area (Å²) in [6.07, 6.45) is 0.120. The standard InChI is InChI=1S/C22H18BrN3O4/c23-16-8-9-18-19(11-16)30-13-22(29)26(18)12-21(28)25-24-20(27)10-15-6-3-5-14-4-1-2-7-17(14)15/h1-9,11H,10,12-13H2,(H,24,27)(H,25,28). The Bertz CT molecular complexity index is 1140. The molecule has 0 radical (unpaired) electrons. The van der Waals surface area contributed by atoms with Crippen LogP contribution in [0.4, 0.5) is 5.69 Å². The molecule has 4 rings (SSSR count). The fourth-order valence-electron chi connectivity index (χ4n) is 3.34. The van der Waals surface area contributed by atoms with Crippen molar-refractivity contribution >= 4 is 50.1 Å². The molecule has 7 nitrogen and oxygen atoms in total. The van der Waals surface area contributed by atoms with Crippen LogP contribution in [0, 0.1) is 0 Å². The lowest BCUT2D eigenvalue weighted by molar-refractivity contribution is -0.129. The average molecular weight is 468 g/mol. The number of carbonyl (C=O) groups excluding carboxylic acids is 3. The molecular formula is C22H18BrN3O4. The quantitative estimate of drug-likeness (QED) is 0.577. The third-order valence-electron chi connectivity index (χ3n) is 4.74. The molecule has 0 unspecified atom stereocenters. The topological polar surface area (TPSA) is 87.7 Å². The number of fused-ring (bicyclic) bond motifs is 2. The number of anilines is 1. The maximum Gasteiger partial charge on any atom is 0.265 e. The van der Waals surface area contributed by atoms with Crippen LogP contribution in [0.1, 0.15) is 5.56 Å². The van der Waals surface area contributed by atoms with E-state index in [0.717, 1.165) is 20.8 Å². The van der Waals surface area contributed by atoms with Crippen molar-refractivity contribution in [3.63, 3.8) is 0 Å². The van der Waals surface area contributed by atoms with Crippen molar-refractivity contribution in [3.05, 3.63) is 70.7 Å². The molecule has 3 amide bonds. The number of rotatable bonds is 4. The number of carbonyl (C=O) groups is 3. The molecule has 0 saturated heterocycles. The van der Waals surface area contributed by atoms with Crippen molar-refractivity contribution in [1.29, 1.82) is 0 Å². The first-order valence-electron chi connectivity index (χ1n) is 9.28. The van der Waals surface area contributed by atoms with Crippen LogP contribution < -0.4 is 20.5 Å². The van der Waals surface area contributed by atoms with Crippen LogP contribution >= 0.6 is 15.9 Å². The van der Waals surface area contributed by atoms with Gasteiger partial charge >= 0.3 is 0 Å². The second-order valence-corrected chi connectivity index (χ2v) is 7.71. The third-order valence-corrected chi connectivity index (χ3v) is 5.23. The predicted octanol–water partition coefficient (Wildman–Crippen LogP) is 2.72. The van der Waals surface area contributed by atoms with E-state index in [0.29, 0.717) is 11.4 Å². The lowest BCUT2D eigenvalue weighted by Crippen LogP contribution is -2.50. The predicted molar refractivity (Wildman–Crippen MR) is 116 cm³/mol. The van der Waals surface area contributed by atoms with Gasteiger partial charge in [-0.25, -0.2) is 0 Å². The van der Waals surface area contributed by atoms with Gasteiger partial charge in [-0.1, -0.05) is 58.4 Å². The molecule has 0 aliphatic carbocycles. The number of ether oxygens (including phenoxy) is 1. The number of nitrogens with zero attached hydrogens (tertiary/aromatic N) is 1. The fraction of sp³-hybridized carbons (Fsp3) is 0.136. The number of nitrogens with one attached hydrogen (secondary N) is 2. The molecule has 152 valence electrons. The van der Waals surface area contributed by atoms with Crippen molar-refractivity contribution < 1.29 is 19.1 Å². The van der Waals surface area contributed by atoms with E-state index in [-0.39, 0.29) is 31.4 Å². The van der Waals surface area contributed by atoms with E-state index in [1.165, 1.54) is 4.90 Å². The maximum absolute atomic E-state index is 12.3. The van der Waals surface area contributed by atoms with E-state index in [4.69, 9.17) is 4.74 Å². The minimum absolute atomic E-state index is 0.120. The molecule has 1 aliphatic heterocycles. The van der Waals surface area contributed by atoms with Gasteiger partial charge in [-0.15, -0.1) is 0 Å². The van der Waals surface area contributed by atoms with Crippen LogP contribution in [0.5, 0.6) is 5.75 Å². The molecule has 0 spiro atoms. The van der Waals surface area contributed by atoms with Gasteiger partial charge < -0.3 is 4.74 Å². The molecule has 1 aliphatic rings. The van der Waals surface area contributed by atoms with Gasteiger partial charge in [0.05, 0.1) is 12.1 Å². The molecule has 3 aromatic rings. The Hall–Kier alpha value is -3.39. The summed E-state index contributed by atoms with van der Waals surface area (Å²) in [5.41, 5.74) is 6.17. The van der Waals surface area contributed by atoms with Crippen LogP contribution in [0.15, 0.2) is 65.1 Å². The molecule has 8 heteroatoms. The van der Waals surface area contributed by atoms with Crippen molar-refractivity contribution in [2.75, 3.05) is 18.1 Å². The molecule has 0 fully saturated rings. The van der Waals surface area contributed by atoms with E-state index >= 15 is 0 Å². The monoisotopic (exact) mass is 467 g/mol. The molecule has 1 heterocycles. The second kappa shape index (κ2) is 8.54. The SMILES string of the molecule is O=C(Cc1cccc2ccccc12)NNC(=O)CN1C(=O)COc2cc(Br)ccc21. The highest BCUT2D eigenvalue weighted by atomic mass is 79.9. The van der Waals surface area contributed by atoms with Gasteiger partial charge in [-0.05, 0) is 34.5 Å². The van der Waals surface area contributed by atoms with Crippen molar-refractivity contribution in [1.82, 2.24) is 10.9 Å². The first-order chi connectivity index (χ1) is 14.5. The number of amides is 3. The van der Waals surface area contributed by atoms with E-state index in [1.807, 2.05) is 42.5 Å². The van der Waals surface area contributed by atoms with Crippen molar-refractivity contribution in [2.45, 2.75) is 6.42 Å². The molecule has 0 aromatic heterocycles. The smallest absolute Gasteiger partial charge is 0.265 e. The summed E-state index contributed by atoms with van der Waals surface area (Å²) in [4.78, 5) is 38.2. The molecule has 2 N–H and O–H groups in total. The van der Waals surface area contributed by atoms with E-state index < -0.39 is 5.91 Å². The Kier molecular flexibility index (Phi) is 5.67. The van der Waals surface area contributed by atoms with Crippen LogP contribution in [0.3, 0.4) is 0 Å². The third kappa shape index (κ3) is 4.28. The molecule has 3 aromatic carbocycles. The normalized spacial score (nSPS) is 12.8. The first kappa shape index (κ1) is 19.9. The zero-order chi connectivity index (χ0) is 21.1. The van der Waals surface area contributed by atoms with E-state index in [9.17, 15) is 14.4 Å². The Morgan fingerprint density at radius 2 is 1.77 bits per heavy atom. The largest absolute Gasteiger partial charge is 0.482 e. The summed E-state index contributed by atoms with van der Waals surface area (Å²) in [6, 6.07) is 18.7. The Morgan fingerprint density at radius 3 is 2.63 bits per heavy atom. The van der Waals surface area contributed by atoms with Crippen LogP contribution in [-0.2, 0) is 20.8 Å². The summed E-state index contributed by atoms with van der Waals surface area (Å²) in [7, 11) is 0. The number of benzene rings is 3. The van der Waals surface area contributed by atoms with Gasteiger partial charge in [0.2, 0.25) is 5.91 Å². The minimum atomic E-state index is -0.509. The van der Waals surface area contributed by atoms with Crippen LogP contribution in [0.2, 0.25) is 0 Å². The zero-order valence-corrected chi connectivity index (χ0v) is 17.4. The Labute approximate surface area is 181 Å². The van der Waals surface area contributed by atoms with Crippen LogP contribution in [0.25, 0.3) is 10.8 Å². The molecule has 0 saturated carbocycles.